The molecule has 0 amide bonds. The Morgan fingerprint density at radius 1 is 1.21 bits per heavy atom. The Bertz CT molecular complexity index is 426. The first-order chi connectivity index (χ1) is 5.91. The van der Waals surface area contributed by atoms with Gasteiger partial charge in [-0.2, -0.15) is 0 Å². The van der Waals surface area contributed by atoms with Gasteiger partial charge in [0.2, 0.25) is 10.0 Å². The normalized spacial score (nSPS) is 10.4. The van der Waals surface area contributed by atoms with Crippen LogP contribution in [0.5, 0.6) is 0 Å². The van der Waals surface area contributed by atoms with Gasteiger partial charge in [0, 0.05) is 0 Å². The molecule has 0 aliphatic heterocycles. The van der Waals surface area contributed by atoms with Crippen LogP contribution in [0.2, 0.25) is 0 Å². The third-order valence-electron chi connectivity index (χ3n) is 1.42. The fraction of sp³-hybridized carbons (Fsp3) is 0. The minimum Gasteiger partial charge on any atom is -0.545 e. The first kappa shape index (κ1) is 13.6. The van der Waals surface area contributed by atoms with Gasteiger partial charge in [0.05, 0.1) is 10.9 Å². The molecule has 0 bridgehead atoms. The maximum atomic E-state index is 10.7. The maximum absolute atomic E-state index is 10.7. The zero-order valence-electron chi connectivity index (χ0n) is 7.43. The molecule has 7 heteroatoms. The molecule has 0 saturated carbocycles. The number of hydrogen-bond donors (Lipinski definition) is 1. The molecule has 1 aromatic rings. The molecule has 1 aromatic carbocycles. The number of carbonyl (C=O) groups is 1. The van der Waals surface area contributed by atoms with Crippen LogP contribution in [-0.2, 0) is 10.0 Å². The van der Waals surface area contributed by atoms with E-state index in [9.17, 15) is 18.3 Å². The molecule has 0 aliphatic rings. The van der Waals surface area contributed by atoms with Gasteiger partial charge in [0.25, 0.3) is 0 Å². The molecule has 0 heterocycles. The number of carboxylic acid groups (broad SMARTS) is 1. The zero-order valence-corrected chi connectivity index (χ0v) is 10.2. The van der Waals surface area contributed by atoms with Crippen molar-refractivity contribution in [2.45, 2.75) is 4.90 Å². The molecule has 0 atom stereocenters. The molecule has 70 valence electrons. The number of nitrogens with two attached hydrogens (primary N) is 1. The molecule has 2 N–H and O–H groups in total. The van der Waals surface area contributed by atoms with Crippen LogP contribution < -0.4 is 39.8 Å². The Kier molecular flexibility index (Phi) is 4.76. The van der Waals surface area contributed by atoms with E-state index in [4.69, 9.17) is 5.14 Å². The van der Waals surface area contributed by atoms with Gasteiger partial charge in [-0.15, -0.1) is 0 Å². The van der Waals surface area contributed by atoms with Gasteiger partial charge in [0.15, 0.2) is 0 Å². The Morgan fingerprint density at radius 3 is 1.93 bits per heavy atom. The maximum Gasteiger partial charge on any atom is 1.00 e. The van der Waals surface area contributed by atoms with E-state index in [1.165, 1.54) is 0 Å². The minimum atomic E-state index is -3.76. The van der Waals surface area contributed by atoms with Crippen molar-refractivity contribution < 1.29 is 47.9 Å². The second-order valence-corrected chi connectivity index (χ2v) is 3.92. The van der Waals surface area contributed by atoms with E-state index in [0.29, 0.717) is 0 Å². The Labute approximate surface area is 103 Å². The standard InChI is InChI=1S/C7H7NO4S.Na/c8-13(11,12)6-3-1-5(2-4-6)7(9)10;/h1-4H,(H,9,10)(H2,8,11,12);/q;+1/p-1. The Balaban J connectivity index is 0.00000169. The second kappa shape index (κ2) is 4.90. The minimum absolute atomic E-state index is 0. The van der Waals surface area contributed by atoms with Crippen molar-refractivity contribution in [2.75, 3.05) is 0 Å². The predicted molar refractivity (Wildman–Crippen MR) is 42.1 cm³/mol. The molecule has 5 nitrogen and oxygen atoms in total. The van der Waals surface area contributed by atoms with Crippen molar-refractivity contribution in [1.29, 1.82) is 0 Å². The number of primary sulfonamides is 1. The van der Waals surface area contributed by atoms with Gasteiger partial charge in [-0.25, -0.2) is 13.6 Å². The van der Waals surface area contributed by atoms with Crippen molar-refractivity contribution in [1.82, 2.24) is 0 Å². The molecule has 0 radical (unpaired) electrons. The van der Waals surface area contributed by atoms with Crippen LogP contribution in [0, 0.1) is 0 Å². The summed E-state index contributed by atoms with van der Waals surface area (Å²) in [5.74, 6) is -1.36. The molecule has 0 fully saturated rings. The van der Waals surface area contributed by atoms with Gasteiger partial charge in [-0.3, -0.25) is 0 Å². The van der Waals surface area contributed by atoms with Gasteiger partial charge < -0.3 is 9.90 Å². The first-order valence-corrected chi connectivity index (χ1v) is 4.80. The van der Waals surface area contributed by atoms with Crippen LogP contribution in [0.3, 0.4) is 0 Å². The molecular weight excluding hydrogens is 217 g/mol. The van der Waals surface area contributed by atoms with Crippen molar-refractivity contribution in [2.24, 2.45) is 5.14 Å². The molecule has 1 rings (SSSR count). The average Bonchev–Trinajstić information content (AvgIpc) is 2.03. The van der Waals surface area contributed by atoms with Gasteiger partial charge >= 0.3 is 29.6 Å². The number of benzene rings is 1. The molecular formula is C7H6NNaO4S. The smallest absolute Gasteiger partial charge is 0.545 e. The van der Waals surface area contributed by atoms with Crippen LogP contribution >= 0.6 is 0 Å². The molecule has 0 saturated heterocycles. The van der Waals surface area contributed by atoms with E-state index in [2.05, 4.69) is 0 Å². The summed E-state index contributed by atoms with van der Waals surface area (Å²) in [6.45, 7) is 0. The number of sulfonamides is 1. The van der Waals surface area contributed by atoms with Crippen LogP contribution in [0.15, 0.2) is 29.2 Å². The SMILES string of the molecule is NS(=O)(=O)c1ccc(C(=O)[O-])cc1.[Na+]. The quantitative estimate of drug-likeness (QED) is 0.512. The predicted octanol–water partition coefficient (Wildman–Crippen LogP) is -4.30. The summed E-state index contributed by atoms with van der Waals surface area (Å²) < 4.78 is 21.5. The summed E-state index contributed by atoms with van der Waals surface area (Å²) in [6, 6.07) is 4.46. The average molecular weight is 223 g/mol. The van der Waals surface area contributed by atoms with E-state index in [1.54, 1.807) is 0 Å². The monoisotopic (exact) mass is 223 g/mol. The number of aromatic carboxylic acids is 1. The Morgan fingerprint density at radius 2 is 1.64 bits per heavy atom. The van der Waals surface area contributed by atoms with Crippen molar-refractivity contribution in [3.8, 4) is 0 Å². The fourth-order valence-corrected chi connectivity index (χ4v) is 1.30. The summed E-state index contributed by atoms with van der Waals surface area (Å²) in [7, 11) is -3.76. The van der Waals surface area contributed by atoms with E-state index >= 15 is 0 Å². The van der Waals surface area contributed by atoms with Crippen LogP contribution in [0.4, 0.5) is 0 Å². The number of carbonyl (C=O) groups excluding carboxylic acids is 1. The third kappa shape index (κ3) is 3.39. The summed E-state index contributed by atoms with van der Waals surface area (Å²) in [4.78, 5) is 10.1. The number of rotatable bonds is 2. The largest absolute Gasteiger partial charge is 1.00 e. The third-order valence-corrected chi connectivity index (χ3v) is 2.35. The topological polar surface area (TPSA) is 100 Å². The van der Waals surface area contributed by atoms with E-state index in [1.807, 2.05) is 0 Å². The molecule has 0 aliphatic carbocycles. The summed E-state index contributed by atoms with van der Waals surface area (Å²) >= 11 is 0. The number of hydrogen-bond acceptors (Lipinski definition) is 4. The van der Waals surface area contributed by atoms with Crippen molar-refractivity contribution in [3.05, 3.63) is 29.8 Å². The summed E-state index contributed by atoms with van der Waals surface area (Å²) in [6.07, 6.45) is 0. The van der Waals surface area contributed by atoms with Gasteiger partial charge in [-0.1, -0.05) is 12.1 Å². The van der Waals surface area contributed by atoms with Crippen molar-refractivity contribution >= 4 is 16.0 Å². The Hall–Kier alpha value is -0.400. The summed E-state index contributed by atoms with van der Waals surface area (Å²) in [5, 5.41) is 15.1. The molecule has 14 heavy (non-hydrogen) atoms. The van der Waals surface area contributed by atoms with Crippen LogP contribution in [0.25, 0.3) is 0 Å². The van der Waals surface area contributed by atoms with Gasteiger partial charge in [-0.05, 0) is 17.7 Å². The van der Waals surface area contributed by atoms with Crippen molar-refractivity contribution in [3.63, 3.8) is 0 Å². The van der Waals surface area contributed by atoms with E-state index in [0.717, 1.165) is 24.3 Å². The number of carboxylic acids is 1. The van der Waals surface area contributed by atoms with Crippen LogP contribution in [-0.4, -0.2) is 14.4 Å². The zero-order chi connectivity index (χ0) is 10.1. The second-order valence-electron chi connectivity index (χ2n) is 2.36. The summed E-state index contributed by atoms with van der Waals surface area (Å²) in [5.41, 5.74) is -0.0904. The van der Waals surface area contributed by atoms with Crippen LogP contribution in [0.1, 0.15) is 10.4 Å². The van der Waals surface area contributed by atoms with Gasteiger partial charge in [0.1, 0.15) is 0 Å². The molecule has 0 aromatic heterocycles. The molecule has 0 unspecified atom stereocenters. The fourth-order valence-electron chi connectivity index (χ4n) is 0.781. The molecule has 0 spiro atoms. The van der Waals surface area contributed by atoms with E-state index < -0.39 is 16.0 Å². The van der Waals surface area contributed by atoms with E-state index in [-0.39, 0.29) is 40.0 Å². The first-order valence-electron chi connectivity index (χ1n) is 3.25.